The van der Waals surface area contributed by atoms with Gasteiger partial charge in [0.25, 0.3) is 5.69 Å². The molecule has 0 fully saturated rings. The molecule has 2 aromatic rings. The van der Waals surface area contributed by atoms with Crippen LogP contribution in [0.5, 0.6) is 0 Å². The van der Waals surface area contributed by atoms with Crippen LogP contribution in [-0.2, 0) is 6.54 Å². The Morgan fingerprint density at radius 3 is 2.90 bits per heavy atom. The van der Waals surface area contributed by atoms with Crippen molar-refractivity contribution >= 4 is 23.1 Å². The fraction of sp³-hybridized carbons (Fsp3) is 0.143. The van der Waals surface area contributed by atoms with E-state index in [1.54, 1.807) is 19.1 Å². The Kier molecular flexibility index (Phi) is 4.36. The fourth-order valence-corrected chi connectivity index (χ4v) is 2.11. The highest BCUT2D eigenvalue weighted by Gasteiger charge is 2.13. The molecule has 0 spiro atoms. The molecule has 1 aromatic heterocycles. The van der Waals surface area contributed by atoms with Gasteiger partial charge in [0.05, 0.1) is 10.5 Å². The van der Waals surface area contributed by atoms with E-state index in [1.807, 2.05) is 6.07 Å². The summed E-state index contributed by atoms with van der Waals surface area (Å²) in [4.78, 5) is 14.5. The average molecular weight is 303 g/mol. The van der Waals surface area contributed by atoms with E-state index in [-0.39, 0.29) is 10.7 Å². The minimum absolute atomic E-state index is 0.0686. The molecule has 0 saturated heterocycles. The number of nitriles is 1. The first-order valence-electron chi connectivity index (χ1n) is 6.06. The summed E-state index contributed by atoms with van der Waals surface area (Å²) in [5, 5.41) is 23.0. The summed E-state index contributed by atoms with van der Waals surface area (Å²) in [5.41, 5.74) is 1.75. The normalized spacial score (nSPS) is 9.95. The van der Waals surface area contributed by atoms with Crippen LogP contribution in [0, 0.1) is 28.4 Å². The van der Waals surface area contributed by atoms with Crippen molar-refractivity contribution in [3.63, 3.8) is 0 Å². The topological polar surface area (TPSA) is 91.8 Å². The minimum atomic E-state index is -0.416. The molecule has 2 rings (SSSR count). The largest absolute Gasteiger partial charge is 0.365 e. The average Bonchev–Trinajstić information content (AvgIpc) is 2.47. The van der Waals surface area contributed by atoms with E-state index in [1.165, 1.54) is 18.3 Å². The molecule has 0 radical (unpaired) electrons. The van der Waals surface area contributed by atoms with Gasteiger partial charge in [0.2, 0.25) is 0 Å². The number of nitro benzene ring substituents is 1. The van der Waals surface area contributed by atoms with Crippen molar-refractivity contribution in [1.82, 2.24) is 4.98 Å². The zero-order chi connectivity index (χ0) is 15.4. The van der Waals surface area contributed by atoms with E-state index in [0.717, 1.165) is 5.56 Å². The number of anilines is 1. The number of rotatable bonds is 4. The van der Waals surface area contributed by atoms with Gasteiger partial charge in [-0.2, -0.15) is 5.26 Å². The first-order chi connectivity index (χ1) is 10.0. The van der Waals surface area contributed by atoms with Crippen LogP contribution in [0.3, 0.4) is 0 Å². The van der Waals surface area contributed by atoms with E-state index in [4.69, 9.17) is 16.9 Å². The van der Waals surface area contributed by atoms with Gasteiger partial charge in [-0.25, -0.2) is 4.98 Å². The second-order valence-electron chi connectivity index (χ2n) is 4.30. The number of benzene rings is 1. The van der Waals surface area contributed by atoms with E-state index < -0.39 is 4.92 Å². The summed E-state index contributed by atoms with van der Waals surface area (Å²) in [6.07, 6.45) is 1.48. The van der Waals surface area contributed by atoms with Gasteiger partial charge in [0.1, 0.15) is 16.9 Å². The van der Waals surface area contributed by atoms with Crippen LogP contribution in [0.15, 0.2) is 30.5 Å². The molecular formula is C14H11ClN4O2. The zero-order valence-corrected chi connectivity index (χ0v) is 11.9. The molecule has 7 heteroatoms. The third-order valence-corrected chi connectivity index (χ3v) is 3.45. The van der Waals surface area contributed by atoms with Gasteiger partial charge >= 0.3 is 0 Å². The molecule has 0 aliphatic heterocycles. The number of pyridine rings is 1. The number of nitrogens with zero attached hydrogens (tertiary/aromatic N) is 3. The molecule has 1 heterocycles. The molecule has 0 aliphatic carbocycles. The first kappa shape index (κ1) is 14.8. The van der Waals surface area contributed by atoms with Crippen molar-refractivity contribution < 1.29 is 4.92 Å². The molecule has 106 valence electrons. The van der Waals surface area contributed by atoms with Crippen LogP contribution in [0.25, 0.3) is 0 Å². The molecule has 0 bridgehead atoms. The van der Waals surface area contributed by atoms with Crippen LogP contribution in [0.4, 0.5) is 11.5 Å². The Bertz CT molecular complexity index is 740. The minimum Gasteiger partial charge on any atom is -0.365 e. The lowest BCUT2D eigenvalue weighted by Gasteiger charge is -2.10. The van der Waals surface area contributed by atoms with Gasteiger partial charge in [-0.05, 0) is 18.6 Å². The third-order valence-electron chi connectivity index (χ3n) is 3.07. The number of halogens is 1. The fourth-order valence-electron chi connectivity index (χ4n) is 1.89. The monoisotopic (exact) mass is 302 g/mol. The Balaban J connectivity index is 2.24. The maximum Gasteiger partial charge on any atom is 0.272 e. The van der Waals surface area contributed by atoms with Gasteiger partial charge in [-0.1, -0.05) is 23.7 Å². The van der Waals surface area contributed by atoms with E-state index in [2.05, 4.69) is 10.3 Å². The molecule has 0 amide bonds. The predicted octanol–water partition coefficient (Wildman–Crippen LogP) is 3.44. The number of nitrogens with one attached hydrogen (secondary N) is 1. The van der Waals surface area contributed by atoms with E-state index in [9.17, 15) is 10.1 Å². The highest BCUT2D eigenvalue weighted by Crippen LogP contribution is 2.25. The molecular weight excluding hydrogens is 292 g/mol. The second kappa shape index (κ2) is 6.20. The molecule has 0 unspecified atom stereocenters. The van der Waals surface area contributed by atoms with Crippen molar-refractivity contribution in [2.45, 2.75) is 13.5 Å². The quantitative estimate of drug-likeness (QED) is 0.690. The molecule has 1 aromatic carbocycles. The van der Waals surface area contributed by atoms with Crippen molar-refractivity contribution in [2.24, 2.45) is 0 Å². The SMILES string of the molecule is Cc1c(CNc2nccc(C#N)c2Cl)cccc1[N+](=O)[O-]. The van der Waals surface area contributed by atoms with E-state index >= 15 is 0 Å². The number of nitro groups is 1. The van der Waals surface area contributed by atoms with Crippen LogP contribution >= 0.6 is 11.6 Å². The molecule has 21 heavy (non-hydrogen) atoms. The number of hydrogen-bond donors (Lipinski definition) is 1. The Hall–Kier alpha value is -2.65. The summed E-state index contributed by atoms with van der Waals surface area (Å²) in [6, 6.07) is 8.36. The van der Waals surface area contributed by atoms with Gasteiger partial charge in [-0.15, -0.1) is 0 Å². The lowest BCUT2D eigenvalue weighted by atomic mass is 10.1. The highest BCUT2D eigenvalue weighted by atomic mass is 35.5. The van der Waals surface area contributed by atoms with Crippen LogP contribution < -0.4 is 5.32 Å². The van der Waals surface area contributed by atoms with Crippen molar-refractivity contribution in [3.8, 4) is 6.07 Å². The van der Waals surface area contributed by atoms with Crippen LogP contribution in [0.2, 0.25) is 5.02 Å². The van der Waals surface area contributed by atoms with Gasteiger partial charge in [-0.3, -0.25) is 10.1 Å². The van der Waals surface area contributed by atoms with Crippen molar-refractivity contribution in [1.29, 1.82) is 5.26 Å². The lowest BCUT2D eigenvalue weighted by molar-refractivity contribution is -0.385. The summed E-state index contributed by atoms with van der Waals surface area (Å²) in [7, 11) is 0. The Morgan fingerprint density at radius 2 is 2.24 bits per heavy atom. The molecule has 1 N–H and O–H groups in total. The zero-order valence-electron chi connectivity index (χ0n) is 11.1. The highest BCUT2D eigenvalue weighted by molar-refractivity contribution is 6.34. The molecule has 6 nitrogen and oxygen atoms in total. The van der Waals surface area contributed by atoms with Crippen molar-refractivity contribution in [3.05, 3.63) is 62.3 Å². The van der Waals surface area contributed by atoms with Crippen molar-refractivity contribution in [2.75, 3.05) is 5.32 Å². The van der Waals surface area contributed by atoms with Gasteiger partial charge in [0, 0.05) is 24.4 Å². The van der Waals surface area contributed by atoms with Crippen LogP contribution in [-0.4, -0.2) is 9.91 Å². The smallest absolute Gasteiger partial charge is 0.272 e. The Labute approximate surface area is 126 Å². The first-order valence-corrected chi connectivity index (χ1v) is 6.43. The third kappa shape index (κ3) is 3.09. The second-order valence-corrected chi connectivity index (χ2v) is 4.68. The standard InChI is InChI=1S/C14H11ClN4O2/c1-9-11(3-2-4-12(9)19(20)21)8-18-14-13(15)10(7-16)5-6-17-14/h2-6H,8H2,1H3,(H,17,18). The maximum absolute atomic E-state index is 10.9. The molecule has 0 saturated carbocycles. The number of hydrogen-bond acceptors (Lipinski definition) is 5. The number of aromatic nitrogens is 1. The lowest BCUT2D eigenvalue weighted by Crippen LogP contribution is -2.05. The van der Waals surface area contributed by atoms with Gasteiger partial charge < -0.3 is 5.32 Å². The summed E-state index contributed by atoms with van der Waals surface area (Å²) >= 11 is 6.04. The van der Waals surface area contributed by atoms with E-state index in [0.29, 0.717) is 23.5 Å². The summed E-state index contributed by atoms with van der Waals surface area (Å²) in [6.45, 7) is 2.02. The predicted molar refractivity (Wildman–Crippen MR) is 79.1 cm³/mol. The maximum atomic E-state index is 10.9. The molecule has 0 atom stereocenters. The molecule has 0 aliphatic rings. The van der Waals surface area contributed by atoms with Gasteiger partial charge in [0.15, 0.2) is 0 Å². The Morgan fingerprint density at radius 1 is 1.48 bits per heavy atom. The van der Waals surface area contributed by atoms with Crippen LogP contribution in [0.1, 0.15) is 16.7 Å². The summed E-state index contributed by atoms with van der Waals surface area (Å²) < 4.78 is 0. The summed E-state index contributed by atoms with van der Waals surface area (Å²) in [5.74, 6) is 0.377.